The Hall–Kier alpha value is -1.61. The lowest BCUT2D eigenvalue weighted by Crippen LogP contribution is -2.04. The molecule has 0 unspecified atom stereocenters. The van der Waals surface area contributed by atoms with Crippen molar-refractivity contribution in [3.8, 4) is 0 Å². The molecule has 0 fully saturated rings. The fourth-order valence-electron chi connectivity index (χ4n) is 2.27. The van der Waals surface area contributed by atoms with Crippen molar-refractivity contribution in [2.45, 2.75) is 40.0 Å². The molecule has 1 aromatic carbocycles. The summed E-state index contributed by atoms with van der Waals surface area (Å²) >= 11 is 5.91. The van der Waals surface area contributed by atoms with Crippen molar-refractivity contribution in [1.82, 2.24) is 9.97 Å². The van der Waals surface area contributed by atoms with Gasteiger partial charge in [0.25, 0.3) is 0 Å². The van der Waals surface area contributed by atoms with Gasteiger partial charge in [-0.3, -0.25) is 0 Å². The predicted molar refractivity (Wildman–Crippen MR) is 84.9 cm³/mol. The molecular weight excluding hydrogens is 270 g/mol. The van der Waals surface area contributed by atoms with Gasteiger partial charge in [-0.2, -0.15) is 0 Å². The van der Waals surface area contributed by atoms with Crippen LogP contribution in [0.2, 0.25) is 5.15 Å². The Labute approximate surface area is 125 Å². The normalized spacial score (nSPS) is 10.6. The summed E-state index contributed by atoms with van der Waals surface area (Å²) in [7, 11) is 0. The minimum absolute atomic E-state index is 0.448. The van der Waals surface area contributed by atoms with E-state index in [2.05, 4.69) is 48.2 Å². The molecule has 4 heteroatoms. The first-order chi connectivity index (χ1) is 9.67. The summed E-state index contributed by atoms with van der Waals surface area (Å²) in [5.41, 5.74) is 5.08. The molecule has 0 aliphatic carbocycles. The van der Waals surface area contributed by atoms with Crippen molar-refractivity contribution in [2.24, 2.45) is 0 Å². The molecule has 0 saturated carbocycles. The number of rotatable bonds is 5. The zero-order valence-electron chi connectivity index (χ0n) is 12.2. The average Bonchev–Trinajstić information content (AvgIpc) is 2.47. The molecule has 1 aromatic heterocycles. The van der Waals surface area contributed by atoms with Gasteiger partial charge in [0.1, 0.15) is 5.15 Å². The molecule has 0 aliphatic rings. The van der Waals surface area contributed by atoms with Crippen molar-refractivity contribution in [3.05, 3.63) is 46.2 Å². The number of aromatic nitrogens is 2. The molecule has 0 atom stereocenters. The summed E-state index contributed by atoms with van der Waals surface area (Å²) < 4.78 is 0. The lowest BCUT2D eigenvalue weighted by Gasteiger charge is -2.16. The molecule has 0 saturated heterocycles. The van der Waals surface area contributed by atoms with Crippen LogP contribution < -0.4 is 5.32 Å². The number of hydrogen-bond donors (Lipinski definition) is 1. The SMILES string of the molecule is CCc1cc(CC)c(Nc2nccc(Cl)n2)c(CC)c1. The van der Waals surface area contributed by atoms with E-state index in [-0.39, 0.29) is 0 Å². The number of aryl methyl sites for hydroxylation is 3. The first-order valence-electron chi connectivity index (χ1n) is 7.08. The van der Waals surface area contributed by atoms with Crippen LogP contribution in [0.4, 0.5) is 11.6 Å². The van der Waals surface area contributed by atoms with E-state index in [9.17, 15) is 0 Å². The van der Waals surface area contributed by atoms with Crippen LogP contribution >= 0.6 is 11.6 Å². The summed E-state index contributed by atoms with van der Waals surface area (Å²) in [6, 6.07) is 6.19. The number of halogens is 1. The molecular formula is C16H20ClN3. The van der Waals surface area contributed by atoms with Crippen LogP contribution in [0.15, 0.2) is 24.4 Å². The van der Waals surface area contributed by atoms with Crippen LogP contribution in [-0.2, 0) is 19.3 Å². The van der Waals surface area contributed by atoms with E-state index in [0.29, 0.717) is 11.1 Å². The molecule has 0 amide bonds. The maximum absolute atomic E-state index is 5.91. The van der Waals surface area contributed by atoms with Gasteiger partial charge in [-0.1, -0.05) is 44.5 Å². The van der Waals surface area contributed by atoms with Crippen molar-refractivity contribution in [2.75, 3.05) is 5.32 Å². The van der Waals surface area contributed by atoms with E-state index in [0.717, 1.165) is 24.9 Å². The first-order valence-corrected chi connectivity index (χ1v) is 7.45. The van der Waals surface area contributed by atoms with Crippen molar-refractivity contribution in [3.63, 3.8) is 0 Å². The molecule has 0 radical (unpaired) electrons. The van der Waals surface area contributed by atoms with Crippen LogP contribution in [0.25, 0.3) is 0 Å². The number of benzene rings is 1. The fourth-order valence-corrected chi connectivity index (χ4v) is 2.41. The third-order valence-corrected chi connectivity index (χ3v) is 3.60. The molecule has 20 heavy (non-hydrogen) atoms. The topological polar surface area (TPSA) is 37.8 Å². The van der Waals surface area contributed by atoms with Crippen molar-refractivity contribution in [1.29, 1.82) is 0 Å². The van der Waals surface area contributed by atoms with Gasteiger partial charge in [-0.05, 0) is 42.0 Å². The summed E-state index contributed by atoms with van der Waals surface area (Å²) in [5, 5.41) is 3.78. The number of hydrogen-bond acceptors (Lipinski definition) is 3. The van der Waals surface area contributed by atoms with E-state index < -0.39 is 0 Å². The summed E-state index contributed by atoms with van der Waals surface area (Å²) in [6.07, 6.45) is 4.66. The van der Waals surface area contributed by atoms with Crippen molar-refractivity contribution < 1.29 is 0 Å². The van der Waals surface area contributed by atoms with Gasteiger partial charge in [0, 0.05) is 11.9 Å². The zero-order valence-corrected chi connectivity index (χ0v) is 13.0. The second-order valence-corrected chi connectivity index (χ2v) is 5.06. The Kier molecular flexibility index (Phi) is 4.96. The highest BCUT2D eigenvalue weighted by Gasteiger charge is 2.10. The highest BCUT2D eigenvalue weighted by molar-refractivity contribution is 6.29. The minimum atomic E-state index is 0.448. The lowest BCUT2D eigenvalue weighted by molar-refractivity contribution is 1.04. The van der Waals surface area contributed by atoms with Gasteiger partial charge in [-0.15, -0.1) is 0 Å². The Balaban J connectivity index is 2.44. The molecule has 0 aliphatic heterocycles. The molecule has 3 nitrogen and oxygen atoms in total. The Bertz CT molecular complexity index is 571. The average molecular weight is 290 g/mol. The molecule has 2 rings (SSSR count). The van der Waals surface area contributed by atoms with Gasteiger partial charge in [0.05, 0.1) is 0 Å². The maximum Gasteiger partial charge on any atom is 0.228 e. The number of nitrogens with zero attached hydrogens (tertiary/aromatic N) is 2. The lowest BCUT2D eigenvalue weighted by atomic mass is 9.98. The number of nitrogens with one attached hydrogen (secondary N) is 1. The van der Waals surface area contributed by atoms with E-state index in [1.54, 1.807) is 12.3 Å². The van der Waals surface area contributed by atoms with E-state index in [1.165, 1.54) is 16.7 Å². The van der Waals surface area contributed by atoms with Crippen LogP contribution in [0, 0.1) is 0 Å². The molecule has 2 aromatic rings. The molecule has 0 spiro atoms. The van der Waals surface area contributed by atoms with E-state index in [1.807, 2.05) is 0 Å². The minimum Gasteiger partial charge on any atom is -0.324 e. The van der Waals surface area contributed by atoms with Gasteiger partial charge in [0.2, 0.25) is 5.95 Å². The second-order valence-electron chi connectivity index (χ2n) is 4.68. The second kappa shape index (κ2) is 6.71. The third-order valence-electron chi connectivity index (χ3n) is 3.39. The predicted octanol–water partition coefficient (Wildman–Crippen LogP) is 4.56. The Morgan fingerprint density at radius 1 is 1.05 bits per heavy atom. The van der Waals surface area contributed by atoms with E-state index >= 15 is 0 Å². The monoisotopic (exact) mass is 289 g/mol. The van der Waals surface area contributed by atoms with Gasteiger partial charge < -0.3 is 5.32 Å². The standard InChI is InChI=1S/C16H20ClN3/c1-4-11-9-12(5-2)15(13(6-3)10-11)20-16-18-8-7-14(17)19-16/h7-10H,4-6H2,1-3H3,(H,18,19,20). The summed E-state index contributed by atoms with van der Waals surface area (Å²) in [6.45, 7) is 6.51. The van der Waals surface area contributed by atoms with E-state index in [4.69, 9.17) is 11.6 Å². The third kappa shape index (κ3) is 3.28. The Morgan fingerprint density at radius 3 is 2.20 bits per heavy atom. The molecule has 1 N–H and O–H groups in total. The van der Waals surface area contributed by atoms with Gasteiger partial charge in [0.15, 0.2) is 0 Å². The van der Waals surface area contributed by atoms with Gasteiger partial charge in [-0.25, -0.2) is 9.97 Å². The van der Waals surface area contributed by atoms with Gasteiger partial charge >= 0.3 is 0 Å². The van der Waals surface area contributed by atoms with Crippen molar-refractivity contribution >= 4 is 23.2 Å². The first kappa shape index (κ1) is 14.8. The summed E-state index contributed by atoms with van der Waals surface area (Å²) in [4.78, 5) is 8.43. The molecule has 0 bridgehead atoms. The van der Waals surface area contributed by atoms with Crippen LogP contribution in [-0.4, -0.2) is 9.97 Å². The Morgan fingerprint density at radius 2 is 1.70 bits per heavy atom. The van der Waals surface area contributed by atoms with Crippen LogP contribution in [0.3, 0.4) is 0 Å². The molecule has 106 valence electrons. The maximum atomic E-state index is 5.91. The van der Waals surface area contributed by atoms with Crippen LogP contribution in [0.1, 0.15) is 37.5 Å². The highest BCUT2D eigenvalue weighted by Crippen LogP contribution is 2.27. The largest absolute Gasteiger partial charge is 0.324 e. The van der Waals surface area contributed by atoms with Crippen LogP contribution in [0.5, 0.6) is 0 Å². The number of anilines is 2. The molecule has 1 heterocycles. The summed E-state index contributed by atoms with van der Waals surface area (Å²) in [5.74, 6) is 0.547. The zero-order chi connectivity index (χ0) is 14.5. The quantitative estimate of drug-likeness (QED) is 0.820. The highest BCUT2D eigenvalue weighted by atomic mass is 35.5. The fraction of sp³-hybridized carbons (Fsp3) is 0.375. The smallest absolute Gasteiger partial charge is 0.228 e.